The maximum atomic E-state index is 15.0. The van der Waals surface area contributed by atoms with Crippen LogP contribution in [0.15, 0.2) is 48.5 Å². The van der Waals surface area contributed by atoms with E-state index in [4.69, 9.17) is 34.8 Å². The van der Waals surface area contributed by atoms with Crippen molar-refractivity contribution in [1.82, 2.24) is 0 Å². The zero-order valence-electron chi connectivity index (χ0n) is 21.3. The summed E-state index contributed by atoms with van der Waals surface area (Å²) in [5, 5.41) is 4.56. The minimum absolute atomic E-state index is 0.00370. The average molecular weight is 653 g/mol. The van der Waals surface area contributed by atoms with Gasteiger partial charge in [-0.25, -0.2) is 13.2 Å². The number of nitrogens with one attached hydrogen (secondary N) is 2. The Morgan fingerprint density at radius 2 is 1.57 bits per heavy atom. The molecule has 15 heteroatoms. The minimum atomic E-state index is -4.99. The summed E-state index contributed by atoms with van der Waals surface area (Å²) >= 11 is 18.5. The fraction of sp³-hybridized carbons (Fsp3) is 0.222. The monoisotopic (exact) mass is 651 g/mol. The number of hydrogen-bond donors (Lipinski definition) is 2. The van der Waals surface area contributed by atoms with Gasteiger partial charge in [0.25, 0.3) is 5.91 Å². The summed E-state index contributed by atoms with van der Waals surface area (Å²) in [4.78, 5) is 38.3. The van der Waals surface area contributed by atoms with Gasteiger partial charge in [0.1, 0.15) is 21.7 Å². The van der Waals surface area contributed by atoms with Gasteiger partial charge in [-0.3, -0.25) is 14.4 Å². The molecule has 0 radical (unpaired) electrons. The number of benzene rings is 3. The van der Waals surface area contributed by atoms with Crippen molar-refractivity contribution in [3.05, 3.63) is 87.7 Å². The normalized spacial score (nSPS) is 17.4. The van der Waals surface area contributed by atoms with Gasteiger partial charge in [-0.05, 0) is 48.0 Å². The molecule has 0 aliphatic heterocycles. The highest BCUT2D eigenvalue weighted by molar-refractivity contribution is 6.53. The molecule has 0 spiro atoms. The molecular formula is C27H18Cl3F6N3O3. The van der Waals surface area contributed by atoms with Crippen LogP contribution in [0.1, 0.15) is 34.3 Å². The lowest BCUT2D eigenvalue weighted by Crippen LogP contribution is -2.26. The Bertz CT molecular complexity index is 1620. The molecule has 0 aromatic heterocycles. The van der Waals surface area contributed by atoms with Crippen LogP contribution < -0.4 is 15.5 Å². The topological polar surface area (TPSA) is 78.5 Å². The molecule has 4 rings (SSSR count). The summed E-state index contributed by atoms with van der Waals surface area (Å²) in [5.41, 5.74) is -3.07. The van der Waals surface area contributed by atoms with E-state index in [-0.39, 0.29) is 21.8 Å². The van der Waals surface area contributed by atoms with Crippen molar-refractivity contribution < 1.29 is 40.7 Å². The third-order valence-electron chi connectivity index (χ3n) is 6.59. The molecule has 42 heavy (non-hydrogen) atoms. The molecule has 6 nitrogen and oxygen atoms in total. The van der Waals surface area contributed by atoms with Crippen LogP contribution in [0.25, 0.3) is 0 Å². The number of rotatable bonds is 6. The number of hydrogen-bond acceptors (Lipinski definition) is 3. The Hall–Kier alpha value is -3.48. The first-order valence-corrected chi connectivity index (χ1v) is 13.0. The zero-order valence-corrected chi connectivity index (χ0v) is 23.6. The number of anilines is 3. The van der Waals surface area contributed by atoms with E-state index in [2.05, 4.69) is 10.6 Å². The van der Waals surface area contributed by atoms with E-state index < -0.39 is 74.5 Å². The van der Waals surface area contributed by atoms with E-state index in [0.29, 0.717) is 12.1 Å². The van der Waals surface area contributed by atoms with Crippen molar-refractivity contribution >= 4 is 69.6 Å². The van der Waals surface area contributed by atoms with Crippen LogP contribution in [0.2, 0.25) is 5.02 Å². The Morgan fingerprint density at radius 1 is 0.929 bits per heavy atom. The predicted molar refractivity (Wildman–Crippen MR) is 146 cm³/mol. The van der Waals surface area contributed by atoms with Crippen LogP contribution in [0.4, 0.5) is 43.4 Å². The SMILES string of the molecule is CC(=O)N(C)c1c(F)ccc(NC(=O)c2cc(NC(=O)C3[C@H](c4ccc(F)c(C(F)(F)F)c4)C3(Cl)Cl)ccc2Cl)c1F. The summed E-state index contributed by atoms with van der Waals surface area (Å²) in [5.74, 6) is -8.58. The standard InChI is InChI=1S/C27H18Cl3F6N3O3/c1-11(40)39(2)23-18(32)7-8-19(22(23)33)38-24(41)14-10-13(4-5-16(14)28)37-25(42)21-20(26(21,29)30)12-3-6-17(31)15(9-12)27(34,35)36/h3-10,20-21H,1-2H3,(H,37,42)(H,38,41)/t20-,21?/m0/s1. The van der Waals surface area contributed by atoms with Gasteiger partial charge in [0.2, 0.25) is 11.8 Å². The molecule has 3 aromatic carbocycles. The highest BCUT2D eigenvalue weighted by Gasteiger charge is 2.67. The molecule has 1 aliphatic rings. The molecule has 1 saturated carbocycles. The van der Waals surface area contributed by atoms with Crippen molar-refractivity contribution in [3.63, 3.8) is 0 Å². The van der Waals surface area contributed by atoms with Crippen molar-refractivity contribution in [2.24, 2.45) is 5.92 Å². The van der Waals surface area contributed by atoms with Gasteiger partial charge in [-0.1, -0.05) is 17.7 Å². The Labute approximate surface area is 249 Å². The van der Waals surface area contributed by atoms with E-state index in [0.717, 1.165) is 43.1 Å². The largest absolute Gasteiger partial charge is 0.419 e. The van der Waals surface area contributed by atoms with Crippen LogP contribution in [0.3, 0.4) is 0 Å². The number of halogens is 9. The van der Waals surface area contributed by atoms with Gasteiger partial charge >= 0.3 is 6.18 Å². The maximum Gasteiger partial charge on any atom is 0.419 e. The second kappa shape index (κ2) is 11.3. The van der Waals surface area contributed by atoms with Gasteiger partial charge in [-0.15, -0.1) is 23.2 Å². The molecule has 0 saturated heterocycles. The smallest absolute Gasteiger partial charge is 0.326 e. The molecule has 3 amide bonds. The Kier molecular flexibility index (Phi) is 8.47. The van der Waals surface area contributed by atoms with Gasteiger partial charge in [0, 0.05) is 25.6 Å². The number of nitrogens with zero attached hydrogens (tertiary/aromatic N) is 1. The van der Waals surface area contributed by atoms with Crippen LogP contribution in [-0.4, -0.2) is 29.1 Å². The Morgan fingerprint density at radius 3 is 2.19 bits per heavy atom. The molecule has 0 bridgehead atoms. The third-order valence-corrected chi connectivity index (χ3v) is 7.86. The van der Waals surface area contributed by atoms with E-state index in [1.54, 1.807) is 0 Å². The first-order chi connectivity index (χ1) is 19.4. The number of carbonyl (C=O) groups excluding carboxylic acids is 3. The van der Waals surface area contributed by atoms with E-state index >= 15 is 0 Å². The van der Waals surface area contributed by atoms with Crippen LogP contribution in [0.5, 0.6) is 0 Å². The highest BCUT2D eigenvalue weighted by Crippen LogP contribution is 2.65. The summed E-state index contributed by atoms with van der Waals surface area (Å²) in [6.45, 7) is 1.09. The lowest BCUT2D eigenvalue weighted by atomic mass is 10.0. The highest BCUT2D eigenvalue weighted by atomic mass is 35.5. The second-order valence-corrected chi connectivity index (χ2v) is 11.2. The molecule has 222 valence electrons. The molecule has 1 fully saturated rings. The van der Waals surface area contributed by atoms with Gasteiger partial charge in [0.05, 0.1) is 27.8 Å². The average Bonchev–Trinajstić information content (AvgIpc) is 3.48. The third kappa shape index (κ3) is 6.02. The molecule has 1 unspecified atom stereocenters. The van der Waals surface area contributed by atoms with Crippen LogP contribution in [-0.2, 0) is 15.8 Å². The van der Waals surface area contributed by atoms with Gasteiger partial charge < -0.3 is 15.5 Å². The summed E-state index contributed by atoms with van der Waals surface area (Å²) in [7, 11) is 1.14. The summed E-state index contributed by atoms with van der Waals surface area (Å²) < 4.78 is 80.6. The lowest BCUT2D eigenvalue weighted by Gasteiger charge is -2.18. The van der Waals surface area contributed by atoms with Crippen molar-refractivity contribution in [3.8, 4) is 0 Å². The minimum Gasteiger partial charge on any atom is -0.326 e. The fourth-order valence-electron chi connectivity index (χ4n) is 4.31. The number of carbonyl (C=O) groups is 3. The Balaban J connectivity index is 1.54. The number of alkyl halides is 5. The van der Waals surface area contributed by atoms with E-state index in [1.165, 1.54) is 12.1 Å². The van der Waals surface area contributed by atoms with Crippen molar-refractivity contribution in [2.75, 3.05) is 22.6 Å². The molecule has 2 atom stereocenters. The van der Waals surface area contributed by atoms with Crippen LogP contribution >= 0.6 is 34.8 Å². The van der Waals surface area contributed by atoms with E-state index in [9.17, 15) is 40.7 Å². The van der Waals surface area contributed by atoms with Gasteiger partial charge in [0.15, 0.2) is 5.82 Å². The maximum absolute atomic E-state index is 15.0. The molecular weight excluding hydrogens is 635 g/mol. The fourth-order valence-corrected chi connectivity index (χ4v) is 5.34. The first-order valence-electron chi connectivity index (χ1n) is 11.8. The molecule has 1 aliphatic carbocycles. The number of amides is 3. The molecule has 3 aromatic rings. The quantitative estimate of drug-likeness (QED) is 0.213. The van der Waals surface area contributed by atoms with Gasteiger partial charge in [-0.2, -0.15) is 13.2 Å². The lowest BCUT2D eigenvalue weighted by molar-refractivity contribution is -0.140. The molecule has 0 heterocycles. The molecule has 2 N–H and O–H groups in total. The summed E-state index contributed by atoms with van der Waals surface area (Å²) in [6.07, 6.45) is -4.99. The predicted octanol–water partition coefficient (Wildman–Crippen LogP) is 7.54. The first kappa shape index (κ1) is 31.5. The zero-order chi connectivity index (χ0) is 31.3. The van der Waals surface area contributed by atoms with E-state index in [1.807, 2.05) is 0 Å². The second-order valence-electron chi connectivity index (χ2n) is 9.34. The summed E-state index contributed by atoms with van der Waals surface area (Å²) in [6, 6.07) is 7.62. The van der Waals surface area contributed by atoms with Crippen molar-refractivity contribution in [2.45, 2.75) is 23.4 Å². The van der Waals surface area contributed by atoms with Crippen LogP contribution in [0, 0.1) is 23.4 Å². The van der Waals surface area contributed by atoms with Crippen molar-refractivity contribution in [1.29, 1.82) is 0 Å².